The van der Waals surface area contributed by atoms with Crippen molar-refractivity contribution in [2.24, 2.45) is 0 Å². The van der Waals surface area contributed by atoms with Gasteiger partial charge < -0.3 is 9.47 Å². The molecule has 4 aromatic rings. The highest BCUT2D eigenvalue weighted by Crippen LogP contribution is 2.35. The first-order chi connectivity index (χ1) is 13.8. The number of pyridine rings is 2. The van der Waals surface area contributed by atoms with Crippen molar-refractivity contribution >= 4 is 0 Å². The molecule has 0 unspecified atom stereocenters. The highest BCUT2D eigenvalue weighted by atomic mass is 16.5. The SMILES string of the molecule is COc1ccc(-c2ccnc(-c3cc(-c4cccnc4)ccc3OC)c2)cc1. The third-order valence-corrected chi connectivity index (χ3v) is 4.65. The van der Waals surface area contributed by atoms with Gasteiger partial charge in [-0.3, -0.25) is 9.97 Å². The van der Waals surface area contributed by atoms with Crippen LogP contribution in [0.25, 0.3) is 33.5 Å². The monoisotopic (exact) mass is 368 g/mol. The Morgan fingerprint density at radius 1 is 0.679 bits per heavy atom. The highest BCUT2D eigenvalue weighted by molar-refractivity contribution is 5.78. The number of nitrogens with zero attached hydrogens (tertiary/aromatic N) is 2. The van der Waals surface area contributed by atoms with Crippen LogP contribution in [0.1, 0.15) is 0 Å². The minimum absolute atomic E-state index is 0.784. The summed E-state index contributed by atoms with van der Waals surface area (Å²) in [7, 11) is 3.34. The van der Waals surface area contributed by atoms with Gasteiger partial charge in [0.05, 0.1) is 19.9 Å². The Morgan fingerprint density at radius 3 is 2.18 bits per heavy atom. The minimum atomic E-state index is 0.784. The minimum Gasteiger partial charge on any atom is -0.497 e. The van der Waals surface area contributed by atoms with Crippen LogP contribution in [0.2, 0.25) is 0 Å². The smallest absolute Gasteiger partial charge is 0.128 e. The summed E-state index contributed by atoms with van der Waals surface area (Å²) < 4.78 is 10.8. The Balaban J connectivity index is 1.77. The van der Waals surface area contributed by atoms with Gasteiger partial charge in [-0.05, 0) is 59.2 Å². The Bertz CT molecular complexity index is 1080. The predicted octanol–water partition coefficient (Wildman–Crippen LogP) is 5.49. The Morgan fingerprint density at radius 2 is 1.46 bits per heavy atom. The molecule has 0 aliphatic heterocycles. The Hall–Kier alpha value is -3.66. The maximum atomic E-state index is 5.59. The second-order valence-electron chi connectivity index (χ2n) is 6.32. The number of benzene rings is 2. The van der Waals surface area contributed by atoms with Gasteiger partial charge in [0.1, 0.15) is 11.5 Å². The fourth-order valence-electron chi connectivity index (χ4n) is 3.16. The van der Waals surface area contributed by atoms with Crippen LogP contribution in [0.3, 0.4) is 0 Å². The molecule has 0 amide bonds. The van der Waals surface area contributed by atoms with Crippen molar-refractivity contribution in [3.8, 4) is 45.0 Å². The summed E-state index contributed by atoms with van der Waals surface area (Å²) in [5.41, 5.74) is 6.11. The average Bonchev–Trinajstić information content (AvgIpc) is 2.79. The highest BCUT2D eigenvalue weighted by Gasteiger charge is 2.11. The molecule has 0 N–H and O–H groups in total. The van der Waals surface area contributed by atoms with E-state index in [1.165, 1.54) is 0 Å². The van der Waals surface area contributed by atoms with Crippen molar-refractivity contribution < 1.29 is 9.47 Å². The second kappa shape index (κ2) is 7.92. The molecule has 4 rings (SSSR count). The van der Waals surface area contributed by atoms with E-state index in [2.05, 4.69) is 22.1 Å². The molecule has 0 atom stereocenters. The van der Waals surface area contributed by atoms with Gasteiger partial charge in [-0.25, -0.2) is 0 Å². The van der Waals surface area contributed by atoms with Crippen molar-refractivity contribution in [3.63, 3.8) is 0 Å². The van der Waals surface area contributed by atoms with Crippen LogP contribution in [-0.4, -0.2) is 24.2 Å². The van der Waals surface area contributed by atoms with Crippen LogP contribution < -0.4 is 9.47 Å². The third-order valence-electron chi connectivity index (χ3n) is 4.65. The predicted molar refractivity (Wildman–Crippen MR) is 111 cm³/mol. The number of ether oxygens (including phenoxy) is 2. The fraction of sp³-hybridized carbons (Fsp3) is 0.0833. The normalized spacial score (nSPS) is 10.5. The maximum absolute atomic E-state index is 5.59. The summed E-state index contributed by atoms with van der Waals surface area (Å²) in [6, 6.07) is 22.2. The molecule has 4 nitrogen and oxygen atoms in total. The molecule has 4 heteroatoms. The molecular formula is C24H20N2O2. The van der Waals surface area contributed by atoms with E-state index in [1.54, 1.807) is 20.4 Å². The summed E-state index contributed by atoms with van der Waals surface area (Å²) in [5, 5.41) is 0. The largest absolute Gasteiger partial charge is 0.497 e. The van der Waals surface area contributed by atoms with Crippen LogP contribution in [-0.2, 0) is 0 Å². The van der Waals surface area contributed by atoms with Gasteiger partial charge in [0.2, 0.25) is 0 Å². The molecule has 0 saturated carbocycles. The van der Waals surface area contributed by atoms with Crippen molar-refractivity contribution in [3.05, 3.63) is 85.3 Å². The fourth-order valence-corrected chi connectivity index (χ4v) is 3.16. The van der Waals surface area contributed by atoms with Gasteiger partial charge in [-0.15, -0.1) is 0 Å². The zero-order valence-electron chi connectivity index (χ0n) is 15.8. The number of rotatable bonds is 5. The van der Waals surface area contributed by atoms with Crippen LogP contribution in [0, 0.1) is 0 Å². The summed E-state index contributed by atoms with van der Waals surface area (Å²) in [6.07, 6.45) is 5.45. The first kappa shape index (κ1) is 17.7. The molecule has 0 bridgehead atoms. The first-order valence-electron chi connectivity index (χ1n) is 8.98. The van der Waals surface area contributed by atoms with Gasteiger partial charge in [0.25, 0.3) is 0 Å². The van der Waals surface area contributed by atoms with Crippen molar-refractivity contribution in [2.75, 3.05) is 14.2 Å². The van der Waals surface area contributed by atoms with E-state index in [1.807, 2.05) is 67.0 Å². The van der Waals surface area contributed by atoms with E-state index >= 15 is 0 Å². The third kappa shape index (κ3) is 3.58. The van der Waals surface area contributed by atoms with E-state index in [0.717, 1.165) is 45.0 Å². The van der Waals surface area contributed by atoms with Crippen molar-refractivity contribution in [2.45, 2.75) is 0 Å². The average molecular weight is 368 g/mol. The molecule has 2 aromatic heterocycles. The molecule has 0 aliphatic rings. The summed E-state index contributed by atoms with van der Waals surface area (Å²) in [4.78, 5) is 8.81. The van der Waals surface area contributed by atoms with Gasteiger partial charge in [0, 0.05) is 29.7 Å². The van der Waals surface area contributed by atoms with E-state index in [9.17, 15) is 0 Å². The molecule has 0 saturated heterocycles. The maximum Gasteiger partial charge on any atom is 0.128 e. The lowest BCUT2D eigenvalue weighted by atomic mass is 9.99. The second-order valence-corrected chi connectivity index (χ2v) is 6.32. The van der Waals surface area contributed by atoms with Gasteiger partial charge in [-0.1, -0.05) is 24.3 Å². The molecule has 0 fully saturated rings. The number of methoxy groups -OCH3 is 2. The Labute approximate surface area is 164 Å². The molecule has 0 aliphatic carbocycles. The van der Waals surface area contributed by atoms with Gasteiger partial charge >= 0.3 is 0 Å². The van der Waals surface area contributed by atoms with Crippen LogP contribution in [0.4, 0.5) is 0 Å². The topological polar surface area (TPSA) is 44.2 Å². The first-order valence-corrected chi connectivity index (χ1v) is 8.98. The molecule has 2 aromatic carbocycles. The summed E-state index contributed by atoms with van der Waals surface area (Å²) in [5.74, 6) is 1.62. The van der Waals surface area contributed by atoms with Gasteiger partial charge in [0.15, 0.2) is 0 Å². The molecule has 28 heavy (non-hydrogen) atoms. The molecular weight excluding hydrogens is 348 g/mol. The molecule has 138 valence electrons. The number of hydrogen-bond donors (Lipinski definition) is 0. The quantitative estimate of drug-likeness (QED) is 0.467. The van der Waals surface area contributed by atoms with Crippen LogP contribution in [0.15, 0.2) is 85.3 Å². The van der Waals surface area contributed by atoms with Crippen molar-refractivity contribution in [1.82, 2.24) is 9.97 Å². The molecule has 2 heterocycles. The number of aromatic nitrogens is 2. The molecule has 0 radical (unpaired) electrons. The lowest BCUT2D eigenvalue weighted by molar-refractivity contribution is 0.415. The number of hydrogen-bond acceptors (Lipinski definition) is 4. The Kier molecular flexibility index (Phi) is 5.02. The van der Waals surface area contributed by atoms with Crippen LogP contribution >= 0.6 is 0 Å². The molecule has 0 spiro atoms. The standard InChI is InChI=1S/C24H20N2O2/c1-27-21-8-5-17(6-9-21)19-11-13-26-23(15-19)22-14-18(7-10-24(22)28-2)20-4-3-12-25-16-20/h3-16H,1-2H3. The van der Waals surface area contributed by atoms with Gasteiger partial charge in [-0.2, -0.15) is 0 Å². The van der Waals surface area contributed by atoms with Crippen LogP contribution in [0.5, 0.6) is 11.5 Å². The zero-order chi connectivity index (χ0) is 19.3. The zero-order valence-corrected chi connectivity index (χ0v) is 15.8. The van der Waals surface area contributed by atoms with E-state index in [4.69, 9.17) is 9.47 Å². The summed E-state index contributed by atoms with van der Waals surface area (Å²) >= 11 is 0. The lowest BCUT2D eigenvalue weighted by Crippen LogP contribution is -1.92. The van der Waals surface area contributed by atoms with Crippen molar-refractivity contribution in [1.29, 1.82) is 0 Å². The van der Waals surface area contributed by atoms with E-state index in [-0.39, 0.29) is 0 Å². The van der Waals surface area contributed by atoms with E-state index in [0.29, 0.717) is 0 Å². The van der Waals surface area contributed by atoms with E-state index < -0.39 is 0 Å². The lowest BCUT2D eigenvalue weighted by Gasteiger charge is -2.12. The summed E-state index contributed by atoms with van der Waals surface area (Å²) in [6.45, 7) is 0.